The predicted octanol–water partition coefficient (Wildman–Crippen LogP) is 5.18. The summed E-state index contributed by atoms with van der Waals surface area (Å²) in [5.41, 5.74) is 0.474. The van der Waals surface area contributed by atoms with Crippen molar-refractivity contribution in [1.82, 2.24) is 0 Å². The van der Waals surface area contributed by atoms with E-state index in [1.807, 2.05) is 0 Å². The van der Waals surface area contributed by atoms with Gasteiger partial charge in [-0.3, -0.25) is 0 Å². The number of esters is 2. The number of unbranched alkanes of at least 4 members (excludes halogenated alkanes) is 8. The minimum absolute atomic E-state index is 0.150. The second-order valence-electron chi connectivity index (χ2n) is 6.64. The van der Waals surface area contributed by atoms with Crippen LogP contribution in [0.25, 0.3) is 0 Å². The number of hydrogen-bond acceptors (Lipinski definition) is 5. The Hall–Kier alpha value is -1.88. The number of benzene rings is 1. The molecule has 0 saturated heterocycles. The Labute approximate surface area is 163 Å². The molecule has 0 radical (unpaired) electrons. The van der Waals surface area contributed by atoms with Crippen LogP contribution in [0.5, 0.6) is 0 Å². The fourth-order valence-corrected chi connectivity index (χ4v) is 2.79. The van der Waals surface area contributed by atoms with Crippen molar-refractivity contribution in [2.45, 2.75) is 64.7 Å². The molecule has 0 atom stereocenters. The van der Waals surface area contributed by atoms with Gasteiger partial charge in [0, 0.05) is 7.11 Å². The molecule has 0 saturated carbocycles. The molecular formula is C22H34O5. The number of carbonyl (C=O) groups excluding carboxylic acids is 2. The molecule has 0 bridgehead atoms. The van der Waals surface area contributed by atoms with Crippen molar-refractivity contribution in [1.29, 1.82) is 0 Å². The van der Waals surface area contributed by atoms with Crippen molar-refractivity contribution in [2.75, 3.05) is 26.9 Å². The highest BCUT2D eigenvalue weighted by atomic mass is 16.6. The molecule has 0 aromatic heterocycles. The molecule has 0 amide bonds. The van der Waals surface area contributed by atoms with Gasteiger partial charge in [0.25, 0.3) is 0 Å². The lowest BCUT2D eigenvalue weighted by atomic mass is 10.1. The SMILES string of the molecule is CCCCCCCCCCCOC(=O)c1ccccc1C(=O)OCCOC. The maximum absolute atomic E-state index is 12.3. The van der Waals surface area contributed by atoms with Gasteiger partial charge in [0.05, 0.1) is 24.3 Å². The summed E-state index contributed by atoms with van der Waals surface area (Å²) < 4.78 is 15.3. The normalized spacial score (nSPS) is 10.6. The summed E-state index contributed by atoms with van der Waals surface area (Å²) in [7, 11) is 1.53. The van der Waals surface area contributed by atoms with Crippen LogP contribution < -0.4 is 0 Å². The summed E-state index contributed by atoms with van der Waals surface area (Å²) in [6, 6.07) is 6.57. The van der Waals surface area contributed by atoms with E-state index in [0.29, 0.717) is 13.2 Å². The Bertz CT molecular complexity index is 541. The molecule has 0 N–H and O–H groups in total. The predicted molar refractivity (Wildman–Crippen MR) is 106 cm³/mol. The fourth-order valence-electron chi connectivity index (χ4n) is 2.79. The molecule has 0 heterocycles. The van der Waals surface area contributed by atoms with Crippen molar-refractivity contribution in [2.24, 2.45) is 0 Å². The highest BCUT2D eigenvalue weighted by Crippen LogP contribution is 2.13. The van der Waals surface area contributed by atoms with Crippen molar-refractivity contribution >= 4 is 11.9 Å². The Morgan fingerprint density at radius 3 is 1.70 bits per heavy atom. The van der Waals surface area contributed by atoms with Crippen molar-refractivity contribution < 1.29 is 23.8 Å². The molecule has 0 fully saturated rings. The fraction of sp³-hybridized carbons (Fsp3) is 0.636. The quantitative estimate of drug-likeness (QED) is 0.311. The second kappa shape index (κ2) is 15.2. The first-order chi connectivity index (χ1) is 13.2. The Morgan fingerprint density at radius 1 is 0.704 bits per heavy atom. The number of ether oxygens (including phenoxy) is 3. The first-order valence-corrected chi connectivity index (χ1v) is 10.1. The molecule has 1 rings (SSSR count). The molecule has 0 aliphatic carbocycles. The first kappa shape index (κ1) is 23.2. The molecule has 1 aromatic carbocycles. The molecule has 0 aliphatic heterocycles. The van der Waals surface area contributed by atoms with Crippen LogP contribution in [0.1, 0.15) is 85.4 Å². The molecule has 27 heavy (non-hydrogen) atoms. The van der Waals surface area contributed by atoms with Gasteiger partial charge in [-0.15, -0.1) is 0 Å². The number of carbonyl (C=O) groups is 2. The minimum atomic E-state index is -0.539. The summed E-state index contributed by atoms with van der Waals surface area (Å²) in [4.78, 5) is 24.4. The first-order valence-electron chi connectivity index (χ1n) is 10.1. The summed E-state index contributed by atoms with van der Waals surface area (Å²) in [6.45, 7) is 3.07. The van der Waals surface area contributed by atoms with E-state index in [0.717, 1.165) is 12.8 Å². The lowest BCUT2D eigenvalue weighted by Gasteiger charge is -2.09. The van der Waals surface area contributed by atoms with Gasteiger partial charge < -0.3 is 14.2 Å². The lowest BCUT2D eigenvalue weighted by Crippen LogP contribution is -2.16. The van der Waals surface area contributed by atoms with Gasteiger partial charge >= 0.3 is 11.9 Å². The van der Waals surface area contributed by atoms with E-state index < -0.39 is 11.9 Å². The summed E-state index contributed by atoms with van der Waals surface area (Å²) in [5.74, 6) is -1.02. The van der Waals surface area contributed by atoms with Gasteiger partial charge in [-0.05, 0) is 18.6 Å². The van der Waals surface area contributed by atoms with Crippen LogP contribution in [0, 0.1) is 0 Å². The molecule has 0 aliphatic rings. The van der Waals surface area contributed by atoms with Gasteiger partial charge in [0.1, 0.15) is 6.61 Å². The zero-order valence-corrected chi connectivity index (χ0v) is 16.8. The van der Waals surface area contributed by atoms with E-state index in [9.17, 15) is 9.59 Å². The van der Waals surface area contributed by atoms with Crippen LogP contribution >= 0.6 is 0 Å². The Kier molecular flexibility index (Phi) is 13.0. The monoisotopic (exact) mass is 378 g/mol. The van der Waals surface area contributed by atoms with Gasteiger partial charge in [-0.2, -0.15) is 0 Å². The zero-order valence-electron chi connectivity index (χ0n) is 16.8. The van der Waals surface area contributed by atoms with E-state index in [4.69, 9.17) is 14.2 Å². The van der Waals surface area contributed by atoms with Crippen LogP contribution in [0.2, 0.25) is 0 Å². The number of hydrogen-bond donors (Lipinski definition) is 0. The van der Waals surface area contributed by atoms with Crippen LogP contribution in [-0.2, 0) is 14.2 Å². The van der Waals surface area contributed by atoms with Crippen molar-refractivity contribution in [3.8, 4) is 0 Å². The molecule has 0 spiro atoms. The second-order valence-corrected chi connectivity index (χ2v) is 6.64. The van der Waals surface area contributed by atoms with Gasteiger partial charge in [0.2, 0.25) is 0 Å². The molecule has 5 nitrogen and oxygen atoms in total. The number of methoxy groups -OCH3 is 1. The van der Waals surface area contributed by atoms with Crippen LogP contribution in [0.3, 0.4) is 0 Å². The molecule has 5 heteroatoms. The van der Waals surface area contributed by atoms with Crippen LogP contribution in [0.15, 0.2) is 24.3 Å². The topological polar surface area (TPSA) is 61.8 Å². The third-order valence-electron chi connectivity index (χ3n) is 4.37. The average molecular weight is 379 g/mol. The van der Waals surface area contributed by atoms with Gasteiger partial charge in [-0.1, -0.05) is 70.4 Å². The molecule has 0 unspecified atom stereocenters. The van der Waals surface area contributed by atoms with E-state index >= 15 is 0 Å². The molecule has 152 valence electrons. The lowest BCUT2D eigenvalue weighted by molar-refractivity contribution is 0.0372. The van der Waals surface area contributed by atoms with E-state index in [1.165, 1.54) is 52.1 Å². The molecule has 1 aromatic rings. The third-order valence-corrected chi connectivity index (χ3v) is 4.37. The van der Waals surface area contributed by atoms with Gasteiger partial charge in [0.15, 0.2) is 0 Å². The Morgan fingerprint density at radius 2 is 1.19 bits per heavy atom. The minimum Gasteiger partial charge on any atom is -0.462 e. The van der Waals surface area contributed by atoms with E-state index in [-0.39, 0.29) is 17.7 Å². The smallest absolute Gasteiger partial charge is 0.339 e. The highest BCUT2D eigenvalue weighted by Gasteiger charge is 2.18. The van der Waals surface area contributed by atoms with E-state index in [2.05, 4.69) is 6.92 Å². The maximum Gasteiger partial charge on any atom is 0.339 e. The standard InChI is InChI=1S/C22H34O5/c1-3-4-5-6-7-8-9-10-13-16-26-21(23)19-14-11-12-15-20(19)22(24)27-18-17-25-2/h11-12,14-15H,3-10,13,16-18H2,1-2H3. The van der Waals surface area contributed by atoms with Crippen LogP contribution in [0.4, 0.5) is 0 Å². The van der Waals surface area contributed by atoms with E-state index in [1.54, 1.807) is 24.3 Å². The van der Waals surface area contributed by atoms with Crippen LogP contribution in [-0.4, -0.2) is 38.9 Å². The summed E-state index contributed by atoms with van der Waals surface area (Å²) >= 11 is 0. The molecular weight excluding hydrogens is 344 g/mol. The van der Waals surface area contributed by atoms with Crippen molar-refractivity contribution in [3.05, 3.63) is 35.4 Å². The average Bonchev–Trinajstić information content (AvgIpc) is 2.69. The summed E-state index contributed by atoms with van der Waals surface area (Å²) in [5, 5.41) is 0. The zero-order chi connectivity index (χ0) is 19.7. The third kappa shape index (κ3) is 10.1. The Balaban J connectivity index is 2.27. The summed E-state index contributed by atoms with van der Waals surface area (Å²) in [6.07, 6.45) is 10.9. The highest BCUT2D eigenvalue weighted by molar-refractivity contribution is 6.03. The number of rotatable bonds is 15. The largest absolute Gasteiger partial charge is 0.462 e. The van der Waals surface area contributed by atoms with Gasteiger partial charge in [-0.25, -0.2) is 9.59 Å². The van der Waals surface area contributed by atoms with Crippen molar-refractivity contribution in [3.63, 3.8) is 0 Å². The maximum atomic E-state index is 12.3.